The van der Waals surface area contributed by atoms with Crippen LogP contribution in [0.25, 0.3) is 0 Å². The van der Waals surface area contributed by atoms with Crippen LogP contribution in [-0.4, -0.2) is 0 Å². The van der Waals surface area contributed by atoms with Gasteiger partial charge >= 0.3 is 0 Å². The summed E-state index contributed by atoms with van der Waals surface area (Å²) in [5.74, 6) is 0. The van der Waals surface area contributed by atoms with Crippen molar-refractivity contribution in [1.29, 1.82) is 0 Å². The molecule has 0 radical (unpaired) electrons. The van der Waals surface area contributed by atoms with Gasteiger partial charge in [-0.2, -0.15) is 8.78 Å². The molecule has 0 aromatic heterocycles. The van der Waals surface area contributed by atoms with E-state index in [1.54, 1.807) is 18.2 Å². The quantitative estimate of drug-likeness (QED) is 0.640. The average molecular weight is 172 g/mol. The van der Waals surface area contributed by atoms with Crippen LogP contribution in [0.4, 0.5) is 13.2 Å². The van der Waals surface area contributed by atoms with Gasteiger partial charge in [-0.05, 0) is 5.56 Å². The van der Waals surface area contributed by atoms with E-state index in [2.05, 4.69) is 0 Å². The molecule has 0 fully saturated rings. The van der Waals surface area contributed by atoms with E-state index in [1.807, 2.05) is 0 Å². The summed E-state index contributed by atoms with van der Waals surface area (Å²) in [6, 6.07) is 7.83. The van der Waals surface area contributed by atoms with Crippen LogP contribution < -0.4 is 0 Å². The van der Waals surface area contributed by atoms with Crippen molar-refractivity contribution >= 4 is 0 Å². The summed E-state index contributed by atoms with van der Waals surface area (Å²) < 4.78 is 36.0. The molecule has 0 amide bonds. The fraction of sp³-hybridized carbons (Fsp3) is 0.111. The van der Waals surface area contributed by atoms with Crippen molar-refractivity contribution < 1.29 is 13.2 Å². The molecule has 0 nitrogen and oxygen atoms in total. The molecule has 0 spiro atoms. The normalized spacial score (nSPS) is 12.2. The second-order valence-electron chi connectivity index (χ2n) is 2.27. The van der Waals surface area contributed by atoms with Crippen LogP contribution >= 0.6 is 0 Å². The monoisotopic (exact) mass is 172 g/mol. The summed E-state index contributed by atoms with van der Waals surface area (Å²) in [4.78, 5) is 0. The van der Waals surface area contributed by atoms with Gasteiger partial charge < -0.3 is 0 Å². The Morgan fingerprint density at radius 3 is 2.25 bits per heavy atom. The fourth-order valence-electron chi connectivity index (χ4n) is 0.844. The molecule has 1 rings (SSSR count). The largest absolute Gasteiger partial charge is 0.269 e. The Kier molecular flexibility index (Phi) is 2.91. The number of benzene rings is 1. The zero-order valence-electron chi connectivity index (χ0n) is 6.18. The van der Waals surface area contributed by atoms with Crippen molar-refractivity contribution in [3.05, 3.63) is 48.1 Å². The second kappa shape index (κ2) is 3.95. The van der Waals surface area contributed by atoms with Crippen LogP contribution in [0.1, 0.15) is 11.7 Å². The van der Waals surface area contributed by atoms with E-state index in [1.165, 1.54) is 12.1 Å². The average Bonchev–Trinajstić information content (AvgIpc) is 2.05. The summed E-state index contributed by atoms with van der Waals surface area (Å²) in [5.41, 5.74) is 0.241. The molecule has 0 heterocycles. The zero-order chi connectivity index (χ0) is 8.97. The van der Waals surface area contributed by atoms with Gasteiger partial charge in [-0.15, -0.1) is 0 Å². The van der Waals surface area contributed by atoms with Gasteiger partial charge in [-0.3, -0.25) is 0 Å². The molecule has 1 unspecified atom stereocenters. The Balaban J connectivity index is 2.79. The number of alkyl halides is 1. The molecule has 12 heavy (non-hydrogen) atoms. The van der Waals surface area contributed by atoms with Crippen LogP contribution in [0, 0.1) is 0 Å². The summed E-state index contributed by atoms with van der Waals surface area (Å²) in [6.45, 7) is 0. The first-order chi connectivity index (χ1) is 5.70. The van der Waals surface area contributed by atoms with Crippen LogP contribution in [0.5, 0.6) is 0 Å². The van der Waals surface area contributed by atoms with E-state index in [4.69, 9.17) is 0 Å². The molecule has 1 atom stereocenters. The van der Waals surface area contributed by atoms with Gasteiger partial charge in [0.2, 0.25) is 0 Å². The maximum absolute atomic E-state index is 12.8. The van der Waals surface area contributed by atoms with Crippen molar-refractivity contribution in [2.75, 3.05) is 0 Å². The van der Waals surface area contributed by atoms with Crippen LogP contribution in [0.3, 0.4) is 0 Å². The summed E-state index contributed by atoms with van der Waals surface area (Å²) in [7, 11) is 0. The van der Waals surface area contributed by atoms with Crippen molar-refractivity contribution in [3.63, 3.8) is 0 Å². The lowest BCUT2D eigenvalue weighted by atomic mass is 10.1. The molecule has 0 aliphatic carbocycles. The van der Waals surface area contributed by atoms with Crippen LogP contribution in [-0.2, 0) is 0 Å². The minimum Gasteiger partial charge on any atom is -0.237 e. The minimum atomic E-state index is -1.99. The Bertz CT molecular complexity index is 262. The van der Waals surface area contributed by atoms with E-state index in [9.17, 15) is 13.2 Å². The van der Waals surface area contributed by atoms with Gasteiger partial charge in [0.1, 0.15) is 6.17 Å². The third-order valence-corrected chi connectivity index (χ3v) is 1.39. The van der Waals surface area contributed by atoms with Gasteiger partial charge in [-0.25, -0.2) is 4.39 Å². The maximum Gasteiger partial charge on any atom is 0.269 e. The minimum absolute atomic E-state index is 0.241. The molecule has 64 valence electrons. The van der Waals surface area contributed by atoms with E-state index in [0.29, 0.717) is 0 Å². The SMILES string of the molecule is FC(F)=CC(F)c1ccccc1. The predicted octanol–water partition coefficient (Wildman–Crippen LogP) is 3.48. The Labute approximate surface area is 68.3 Å². The van der Waals surface area contributed by atoms with Crippen molar-refractivity contribution in [2.45, 2.75) is 6.17 Å². The van der Waals surface area contributed by atoms with Crippen molar-refractivity contribution in [2.24, 2.45) is 0 Å². The maximum atomic E-state index is 12.8. The molecule has 0 saturated heterocycles. The summed E-state index contributed by atoms with van der Waals surface area (Å²) >= 11 is 0. The second-order valence-corrected chi connectivity index (χ2v) is 2.27. The Hall–Kier alpha value is -1.25. The number of hydrogen-bond acceptors (Lipinski definition) is 0. The van der Waals surface area contributed by atoms with Gasteiger partial charge in [0.25, 0.3) is 6.08 Å². The third kappa shape index (κ3) is 2.42. The van der Waals surface area contributed by atoms with Gasteiger partial charge in [-0.1, -0.05) is 30.3 Å². The van der Waals surface area contributed by atoms with Gasteiger partial charge in [0, 0.05) is 6.08 Å². The highest BCUT2D eigenvalue weighted by Crippen LogP contribution is 2.20. The lowest BCUT2D eigenvalue weighted by Gasteiger charge is -2.00. The molecule has 0 aliphatic rings. The van der Waals surface area contributed by atoms with Gasteiger partial charge in [0.15, 0.2) is 0 Å². The van der Waals surface area contributed by atoms with Crippen LogP contribution in [0.2, 0.25) is 0 Å². The highest BCUT2D eigenvalue weighted by atomic mass is 19.3. The molecule has 1 aromatic rings. The Morgan fingerprint density at radius 1 is 1.17 bits per heavy atom. The highest BCUT2D eigenvalue weighted by Gasteiger charge is 2.06. The number of hydrogen-bond donors (Lipinski definition) is 0. The predicted molar refractivity (Wildman–Crippen MR) is 40.6 cm³/mol. The fourth-order valence-corrected chi connectivity index (χ4v) is 0.844. The first-order valence-electron chi connectivity index (χ1n) is 3.42. The molecule has 0 saturated carbocycles. The summed E-state index contributed by atoms with van der Waals surface area (Å²) in [5, 5.41) is 0. The lowest BCUT2D eigenvalue weighted by molar-refractivity contribution is 0.368. The first kappa shape index (κ1) is 8.84. The van der Waals surface area contributed by atoms with Crippen LogP contribution in [0.15, 0.2) is 42.5 Å². The molecular formula is C9H7F3. The number of rotatable bonds is 2. The summed E-state index contributed by atoms with van der Waals surface area (Å²) in [6.07, 6.45) is -3.42. The molecule has 3 heteroatoms. The topological polar surface area (TPSA) is 0 Å². The number of allylic oxidation sites excluding steroid dienone is 1. The van der Waals surface area contributed by atoms with Crippen molar-refractivity contribution in [1.82, 2.24) is 0 Å². The zero-order valence-corrected chi connectivity index (χ0v) is 6.18. The first-order valence-corrected chi connectivity index (χ1v) is 3.42. The van der Waals surface area contributed by atoms with Crippen molar-refractivity contribution in [3.8, 4) is 0 Å². The van der Waals surface area contributed by atoms with E-state index < -0.39 is 12.3 Å². The van der Waals surface area contributed by atoms with E-state index >= 15 is 0 Å². The Morgan fingerprint density at radius 2 is 1.75 bits per heavy atom. The van der Waals surface area contributed by atoms with Gasteiger partial charge in [0.05, 0.1) is 0 Å². The standard InChI is InChI=1S/C9H7F3/c10-8(6-9(11)12)7-4-2-1-3-5-7/h1-6,8H. The third-order valence-electron chi connectivity index (χ3n) is 1.39. The lowest BCUT2D eigenvalue weighted by Crippen LogP contribution is -1.85. The molecular weight excluding hydrogens is 165 g/mol. The molecule has 0 N–H and O–H groups in total. The number of halogens is 3. The highest BCUT2D eigenvalue weighted by molar-refractivity contribution is 5.21. The van der Waals surface area contributed by atoms with E-state index in [0.717, 1.165) is 0 Å². The molecule has 0 bridgehead atoms. The molecule has 0 aliphatic heterocycles. The molecule has 1 aromatic carbocycles. The van der Waals surface area contributed by atoms with E-state index in [-0.39, 0.29) is 11.6 Å². The smallest absolute Gasteiger partial charge is 0.237 e.